The fourth-order valence-corrected chi connectivity index (χ4v) is 8.45. The van der Waals surface area contributed by atoms with Gasteiger partial charge in [-0.3, -0.25) is 4.57 Å². The second kappa shape index (κ2) is 23.9. The zero-order valence-electron chi connectivity index (χ0n) is 40.9. The summed E-state index contributed by atoms with van der Waals surface area (Å²) in [6.07, 6.45) is 9.75. The Morgan fingerprint density at radius 1 is 0.377 bits per heavy atom. The number of hydrogen-bond donors (Lipinski definition) is 0. The van der Waals surface area contributed by atoms with Crippen molar-refractivity contribution in [3.63, 3.8) is 0 Å². The van der Waals surface area contributed by atoms with Crippen LogP contribution in [0.5, 0.6) is 0 Å². The molecule has 0 saturated carbocycles. The van der Waals surface area contributed by atoms with Crippen LogP contribution in [0.3, 0.4) is 0 Å². The van der Waals surface area contributed by atoms with E-state index < -0.39 is 0 Å². The maximum absolute atomic E-state index is 5.37. The third kappa shape index (κ3) is 10.4. The van der Waals surface area contributed by atoms with Crippen molar-refractivity contribution in [2.75, 3.05) is 0 Å². The Morgan fingerprint density at radius 2 is 0.797 bits per heavy atom. The largest absolute Gasteiger partial charge is 0.309 e. The number of rotatable bonds is 7. The van der Waals surface area contributed by atoms with Crippen LogP contribution in [0.25, 0.3) is 100 Å². The zero-order valence-corrected chi connectivity index (χ0v) is 40.9. The van der Waals surface area contributed by atoms with Crippen LogP contribution in [0.1, 0.15) is 48.5 Å². The minimum atomic E-state index is 0.565. The molecule has 0 spiro atoms. The quantitative estimate of drug-likeness (QED) is 0.118. The first-order valence-electron chi connectivity index (χ1n) is 24.0. The highest BCUT2D eigenvalue weighted by Crippen LogP contribution is 2.42. The minimum absolute atomic E-state index is 0.565. The van der Waals surface area contributed by atoms with E-state index in [-0.39, 0.29) is 0 Å². The van der Waals surface area contributed by atoms with Crippen LogP contribution in [0.2, 0.25) is 0 Å². The molecule has 11 rings (SSSR count). The predicted molar refractivity (Wildman–Crippen MR) is 298 cm³/mol. The Labute approximate surface area is 408 Å². The van der Waals surface area contributed by atoms with Gasteiger partial charge < -0.3 is 4.57 Å². The Balaban J connectivity index is 0.000000489. The second-order valence-electron chi connectivity index (χ2n) is 15.5. The second-order valence-corrected chi connectivity index (χ2v) is 15.5. The third-order valence-electron chi connectivity index (χ3n) is 11.3. The molecule has 5 heteroatoms. The molecular formula is C64H61N5. The molecule has 342 valence electrons. The molecule has 0 saturated heterocycles. The molecule has 0 atom stereocenters. The van der Waals surface area contributed by atoms with Crippen molar-refractivity contribution in [1.29, 1.82) is 0 Å². The van der Waals surface area contributed by atoms with Crippen molar-refractivity contribution in [3.8, 4) is 56.7 Å². The minimum Gasteiger partial charge on any atom is -0.309 e. The molecule has 69 heavy (non-hydrogen) atoms. The summed E-state index contributed by atoms with van der Waals surface area (Å²) in [5.74, 6) is 1.78. The monoisotopic (exact) mass is 899 g/mol. The summed E-state index contributed by atoms with van der Waals surface area (Å²) in [6.45, 7) is 17.2. The fraction of sp³-hybridized carbons (Fsp3) is 0.109. The molecule has 0 aliphatic rings. The first kappa shape index (κ1) is 48.5. The first-order chi connectivity index (χ1) is 34.1. The molecule has 3 aromatic heterocycles. The summed E-state index contributed by atoms with van der Waals surface area (Å²) in [5.41, 5.74) is 11.8. The predicted octanol–water partition coefficient (Wildman–Crippen LogP) is 18.1. The van der Waals surface area contributed by atoms with Gasteiger partial charge in [-0.15, -0.1) is 6.58 Å². The number of fused-ring (bicyclic) bond motifs is 7. The SMILES string of the molecule is C/C=C\C=C/C.C=CC.CC.CC.c1ccc(-c2cccc(-c3nc(-c4cccc(-c5ccccc5)c4)nc(-n4c5ccccc5c5ccc6c(c7ccccc7n6-c6ccccc6)c54)n3)c2)cc1. The number of benzene rings is 8. The van der Waals surface area contributed by atoms with Crippen LogP contribution in [-0.4, -0.2) is 24.1 Å². The van der Waals surface area contributed by atoms with Gasteiger partial charge >= 0.3 is 0 Å². The van der Waals surface area contributed by atoms with Gasteiger partial charge in [0, 0.05) is 38.4 Å². The molecule has 11 aromatic rings. The highest BCUT2D eigenvalue weighted by atomic mass is 15.2. The molecule has 8 aromatic carbocycles. The molecule has 0 aliphatic carbocycles. The summed E-state index contributed by atoms with van der Waals surface area (Å²) >= 11 is 0. The van der Waals surface area contributed by atoms with E-state index >= 15 is 0 Å². The molecule has 3 heterocycles. The van der Waals surface area contributed by atoms with Gasteiger partial charge in [-0.05, 0) is 85.5 Å². The average molecular weight is 900 g/mol. The smallest absolute Gasteiger partial charge is 0.238 e. The average Bonchev–Trinajstić information content (AvgIpc) is 3.96. The number of nitrogens with zero attached hydrogens (tertiary/aromatic N) is 5. The van der Waals surface area contributed by atoms with Gasteiger partial charge in [-0.2, -0.15) is 9.97 Å². The Hall–Kier alpha value is -8.41. The molecule has 5 nitrogen and oxygen atoms in total. The van der Waals surface area contributed by atoms with Crippen LogP contribution in [0, 0.1) is 0 Å². The van der Waals surface area contributed by atoms with Gasteiger partial charge in [0.05, 0.1) is 22.1 Å². The summed E-state index contributed by atoms with van der Waals surface area (Å²) in [4.78, 5) is 16.0. The van der Waals surface area contributed by atoms with E-state index in [1.165, 1.54) is 5.39 Å². The number of aromatic nitrogens is 5. The lowest BCUT2D eigenvalue weighted by Gasteiger charge is -2.13. The van der Waals surface area contributed by atoms with Crippen molar-refractivity contribution in [1.82, 2.24) is 24.1 Å². The maximum atomic E-state index is 5.37. The summed E-state index contributed by atoms with van der Waals surface area (Å²) in [6, 6.07) is 70.2. The Morgan fingerprint density at radius 3 is 1.30 bits per heavy atom. The molecular weight excluding hydrogens is 839 g/mol. The van der Waals surface area contributed by atoms with Gasteiger partial charge in [0.1, 0.15) is 0 Å². The highest BCUT2D eigenvalue weighted by molar-refractivity contribution is 6.26. The number of hydrogen-bond acceptors (Lipinski definition) is 3. The van der Waals surface area contributed by atoms with Gasteiger partial charge in [-0.1, -0.05) is 216 Å². The van der Waals surface area contributed by atoms with Crippen LogP contribution in [0.4, 0.5) is 0 Å². The molecule has 0 radical (unpaired) electrons. The van der Waals surface area contributed by atoms with Crippen molar-refractivity contribution >= 4 is 43.6 Å². The fourth-order valence-electron chi connectivity index (χ4n) is 8.45. The van der Waals surface area contributed by atoms with E-state index in [0.717, 1.165) is 77.3 Å². The molecule has 0 fully saturated rings. The number of para-hydroxylation sites is 3. The lowest BCUT2D eigenvalue weighted by Crippen LogP contribution is -2.06. The maximum Gasteiger partial charge on any atom is 0.238 e. The molecule has 0 amide bonds. The van der Waals surface area contributed by atoms with E-state index in [2.05, 4.69) is 204 Å². The number of allylic oxidation sites excluding steroid dienone is 5. The van der Waals surface area contributed by atoms with E-state index in [1.807, 2.05) is 84.9 Å². The van der Waals surface area contributed by atoms with Crippen molar-refractivity contribution in [3.05, 3.63) is 237 Å². The molecule has 0 aliphatic heterocycles. The molecule has 0 N–H and O–H groups in total. The lowest BCUT2D eigenvalue weighted by atomic mass is 10.0. The molecule has 0 bridgehead atoms. The van der Waals surface area contributed by atoms with Gasteiger partial charge in [0.25, 0.3) is 0 Å². The van der Waals surface area contributed by atoms with Gasteiger partial charge in [0.2, 0.25) is 5.95 Å². The topological polar surface area (TPSA) is 48.5 Å². The van der Waals surface area contributed by atoms with Crippen molar-refractivity contribution in [2.24, 2.45) is 0 Å². The molecule has 0 unspecified atom stereocenters. The van der Waals surface area contributed by atoms with E-state index in [9.17, 15) is 0 Å². The first-order valence-corrected chi connectivity index (χ1v) is 24.0. The van der Waals surface area contributed by atoms with Crippen molar-refractivity contribution < 1.29 is 0 Å². The summed E-state index contributed by atoms with van der Waals surface area (Å²) < 4.78 is 4.62. The highest BCUT2D eigenvalue weighted by Gasteiger charge is 2.23. The normalized spacial score (nSPS) is 10.8. The van der Waals surface area contributed by atoms with Crippen LogP contribution < -0.4 is 0 Å². The summed E-state index contributed by atoms with van der Waals surface area (Å²) in [5, 5.41) is 4.60. The van der Waals surface area contributed by atoms with Gasteiger partial charge in [0.15, 0.2) is 11.6 Å². The standard InChI is InChI=1S/C51H33N5.C6H10.C3H6.2C2H6/c1-4-16-34(17-5-1)36-20-14-22-38(32-36)49-52-50(39-23-15-21-37(33-39)35-18-6-2-7-19-35)54-51(53-49)56-44-28-12-10-26-41(44)42-30-31-46-47(48(42)56)43-27-11-13-29-45(43)55(46)40-24-8-3-9-25-40;1-3-5-6-4-2;1-3-2;2*1-2/h1-33H;3-6H,1-2H3;3H,1H2,2H3;2*1-2H3/b;5-3-,6-4-;;;. The Bertz CT molecular complexity index is 3360. The zero-order chi connectivity index (χ0) is 48.5. The van der Waals surface area contributed by atoms with Crippen LogP contribution >= 0.6 is 0 Å². The van der Waals surface area contributed by atoms with Crippen LogP contribution in [0.15, 0.2) is 237 Å². The van der Waals surface area contributed by atoms with Crippen LogP contribution in [-0.2, 0) is 0 Å². The third-order valence-corrected chi connectivity index (χ3v) is 11.3. The Kier molecular flexibility index (Phi) is 16.8. The van der Waals surface area contributed by atoms with Gasteiger partial charge in [-0.25, -0.2) is 4.98 Å². The van der Waals surface area contributed by atoms with E-state index in [0.29, 0.717) is 17.6 Å². The van der Waals surface area contributed by atoms with E-state index in [4.69, 9.17) is 15.0 Å². The van der Waals surface area contributed by atoms with E-state index in [1.54, 1.807) is 6.08 Å². The summed E-state index contributed by atoms with van der Waals surface area (Å²) in [7, 11) is 0. The lowest BCUT2D eigenvalue weighted by molar-refractivity contribution is 0.955. The van der Waals surface area contributed by atoms with Crippen molar-refractivity contribution in [2.45, 2.75) is 48.5 Å².